The van der Waals surface area contributed by atoms with Crippen LogP contribution in [0.3, 0.4) is 0 Å². The molecule has 2 aliphatic rings. The summed E-state index contributed by atoms with van der Waals surface area (Å²) in [6.07, 6.45) is 15.8. The van der Waals surface area contributed by atoms with Crippen LogP contribution in [0, 0.1) is 17.8 Å². The Hall–Kier alpha value is -1.73. The van der Waals surface area contributed by atoms with Gasteiger partial charge in [0.2, 0.25) is 5.88 Å². The Morgan fingerprint density at radius 1 is 1.44 bits per heavy atom. The van der Waals surface area contributed by atoms with Gasteiger partial charge in [0, 0.05) is 11.7 Å². The number of nitrogens with one attached hydrogen (secondary N) is 2. The lowest BCUT2D eigenvalue weighted by Gasteiger charge is -2.39. The average molecular weight is 461 g/mol. The number of carbonyl (C=O) groups excluding carboxylic acids is 1. The number of amides is 1. The largest absolute Gasteiger partial charge is 0.477 e. The van der Waals surface area contributed by atoms with E-state index in [2.05, 4.69) is 55.8 Å². The molecule has 0 fully saturated rings. The molecule has 3 rings (SSSR count). The van der Waals surface area contributed by atoms with Gasteiger partial charge in [0.15, 0.2) is 0 Å². The van der Waals surface area contributed by atoms with Crippen LogP contribution in [0.15, 0.2) is 23.9 Å². The minimum absolute atomic E-state index is 0.0988. The molecule has 32 heavy (non-hydrogen) atoms. The molecule has 1 amide bonds. The van der Waals surface area contributed by atoms with Crippen LogP contribution in [0.4, 0.5) is 0 Å². The zero-order valence-corrected chi connectivity index (χ0v) is 21.3. The van der Waals surface area contributed by atoms with E-state index in [0.29, 0.717) is 35.8 Å². The highest BCUT2D eigenvalue weighted by atomic mass is 32.2. The number of ether oxygens (including phenoxy) is 1. The molecule has 1 heterocycles. The van der Waals surface area contributed by atoms with Crippen LogP contribution in [-0.4, -0.2) is 40.1 Å². The van der Waals surface area contributed by atoms with Gasteiger partial charge in [-0.2, -0.15) is 5.10 Å². The van der Waals surface area contributed by atoms with Crippen LogP contribution in [0.5, 0.6) is 5.88 Å². The highest BCUT2D eigenvalue weighted by Crippen LogP contribution is 2.39. The van der Waals surface area contributed by atoms with Crippen molar-refractivity contribution in [3.8, 4) is 5.88 Å². The molecule has 178 valence electrons. The number of hydrogen-bond acceptors (Lipinski definition) is 5. The maximum absolute atomic E-state index is 13.4. The van der Waals surface area contributed by atoms with E-state index in [1.54, 1.807) is 22.8 Å². The first-order valence-electron chi connectivity index (χ1n) is 11.9. The van der Waals surface area contributed by atoms with Crippen molar-refractivity contribution in [1.29, 1.82) is 0 Å². The first-order valence-corrected chi connectivity index (χ1v) is 13.2. The van der Waals surface area contributed by atoms with Gasteiger partial charge in [0.25, 0.3) is 5.91 Å². The lowest BCUT2D eigenvalue weighted by molar-refractivity contribution is 0.0913. The van der Waals surface area contributed by atoms with Crippen molar-refractivity contribution in [2.75, 3.05) is 12.9 Å². The van der Waals surface area contributed by atoms with Gasteiger partial charge in [0.1, 0.15) is 5.56 Å². The van der Waals surface area contributed by atoms with Gasteiger partial charge in [-0.15, -0.1) is 0 Å². The van der Waals surface area contributed by atoms with Crippen LogP contribution in [0.1, 0.15) is 77.1 Å². The second kappa shape index (κ2) is 10.9. The summed E-state index contributed by atoms with van der Waals surface area (Å²) in [5.74, 6) is 1.94. The molecule has 6 nitrogen and oxygen atoms in total. The zero-order valence-electron chi connectivity index (χ0n) is 20.5. The summed E-state index contributed by atoms with van der Waals surface area (Å²) in [6, 6.07) is 0.116. The van der Waals surface area contributed by atoms with E-state index in [0.717, 1.165) is 12.8 Å². The van der Waals surface area contributed by atoms with Gasteiger partial charge >= 0.3 is 0 Å². The van der Waals surface area contributed by atoms with Gasteiger partial charge in [-0.05, 0) is 69.6 Å². The maximum Gasteiger partial charge on any atom is 0.258 e. The standard InChI is InChI=1S/C25H40N4O2S/c1-7-19-13-18-9-8-10-20(14-18)22(19)27-23(30)21-15-26-29(24(21)31-16-17(2)3)12-11-25(4,5)28-32-6/h11-12,14-15,17-19,22,28H,7-10,13,16H2,1-6H3,(H,27,30)/b12-11+/t18?,19?,22-/m1/s1. The first-order chi connectivity index (χ1) is 15.2. The van der Waals surface area contributed by atoms with Gasteiger partial charge in [0.05, 0.1) is 18.8 Å². The van der Waals surface area contributed by atoms with E-state index in [4.69, 9.17) is 4.74 Å². The van der Waals surface area contributed by atoms with Crippen molar-refractivity contribution in [1.82, 2.24) is 19.8 Å². The lowest BCUT2D eigenvalue weighted by atomic mass is 9.71. The van der Waals surface area contributed by atoms with Gasteiger partial charge < -0.3 is 10.1 Å². The molecule has 0 saturated carbocycles. The van der Waals surface area contributed by atoms with Crippen molar-refractivity contribution in [2.24, 2.45) is 17.8 Å². The van der Waals surface area contributed by atoms with Crippen molar-refractivity contribution in [3.05, 3.63) is 29.5 Å². The summed E-state index contributed by atoms with van der Waals surface area (Å²) in [5.41, 5.74) is 1.69. The first kappa shape index (κ1) is 24.9. The number of fused-ring (bicyclic) bond motifs is 1. The Balaban J connectivity index is 1.84. The van der Waals surface area contributed by atoms with Crippen molar-refractivity contribution in [2.45, 2.75) is 78.3 Å². The van der Waals surface area contributed by atoms with Crippen LogP contribution in [-0.2, 0) is 0 Å². The predicted octanol–water partition coefficient (Wildman–Crippen LogP) is 5.29. The van der Waals surface area contributed by atoms with Crippen LogP contribution >= 0.6 is 11.9 Å². The molecule has 2 N–H and O–H groups in total. The smallest absolute Gasteiger partial charge is 0.258 e. The molecule has 2 unspecified atom stereocenters. The third-order valence-corrected chi connectivity index (χ3v) is 7.05. The normalized spacial score (nSPS) is 23.5. The highest BCUT2D eigenvalue weighted by molar-refractivity contribution is 7.96. The number of hydrogen-bond donors (Lipinski definition) is 2. The molecule has 1 aromatic rings. The molecular formula is C25H40N4O2S. The molecule has 1 aromatic heterocycles. The third-order valence-electron chi connectivity index (χ3n) is 6.32. The summed E-state index contributed by atoms with van der Waals surface area (Å²) in [5, 5.41) is 7.81. The monoisotopic (exact) mass is 460 g/mol. The van der Waals surface area contributed by atoms with E-state index in [1.807, 2.05) is 18.5 Å². The molecule has 7 heteroatoms. The molecule has 2 aliphatic carbocycles. The minimum atomic E-state index is -0.219. The number of aromatic nitrogens is 2. The Morgan fingerprint density at radius 3 is 2.91 bits per heavy atom. The molecule has 0 aromatic carbocycles. The second-order valence-electron chi connectivity index (χ2n) is 10.1. The summed E-state index contributed by atoms with van der Waals surface area (Å²) in [6.45, 7) is 11.1. The summed E-state index contributed by atoms with van der Waals surface area (Å²) in [4.78, 5) is 13.4. The van der Waals surface area contributed by atoms with E-state index in [-0.39, 0.29) is 17.5 Å². The fourth-order valence-corrected chi connectivity index (χ4v) is 5.29. The molecule has 0 aliphatic heterocycles. The van der Waals surface area contributed by atoms with Gasteiger partial charge in [-0.1, -0.05) is 50.8 Å². The SMILES string of the molecule is CCC1CC2C=C(CCC2)[C@@H]1NC(=O)c1cnn(/C=C/C(C)(C)NSC)c1OCC(C)C. The van der Waals surface area contributed by atoms with Crippen molar-refractivity contribution in [3.63, 3.8) is 0 Å². The third kappa shape index (κ3) is 6.19. The fourth-order valence-electron chi connectivity index (χ4n) is 4.70. The molecular weight excluding hydrogens is 420 g/mol. The quantitative estimate of drug-likeness (QED) is 0.367. The predicted molar refractivity (Wildman–Crippen MR) is 134 cm³/mol. The number of allylic oxidation sites excluding steroid dienone is 1. The Morgan fingerprint density at radius 2 is 2.22 bits per heavy atom. The van der Waals surface area contributed by atoms with E-state index in [9.17, 15) is 4.79 Å². The number of nitrogens with zero attached hydrogens (tertiary/aromatic N) is 2. The van der Waals surface area contributed by atoms with Gasteiger partial charge in [-0.25, -0.2) is 4.68 Å². The molecule has 0 saturated heterocycles. The van der Waals surface area contributed by atoms with Crippen molar-refractivity contribution < 1.29 is 9.53 Å². The van der Waals surface area contributed by atoms with E-state index < -0.39 is 0 Å². The van der Waals surface area contributed by atoms with Gasteiger partial charge in [-0.3, -0.25) is 9.52 Å². The maximum atomic E-state index is 13.4. The van der Waals surface area contributed by atoms with E-state index in [1.165, 1.54) is 24.8 Å². The van der Waals surface area contributed by atoms with Crippen LogP contribution in [0.2, 0.25) is 0 Å². The van der Waals surface area contributed by atoms with Crippen molar-refractivity contribution >= 4 is 24.1 Å². The Bertz CT molecular complexity index is 843. The van der Waals surface area contributed by atoms with Crippen LogP contribution < -0.4 is 14.8 Å². The topological polar surface area (TPSA) is 68.2 Å². The fraction of sp³-hybridized carbons (Fsp3) is 0.680. The van der Waals surface area contributed by atoms with E-state index >= 15 is 0 Å². The number of rotatable bonds is 10. The molecule has 3 atom stereocenters. The van der Waals surface area contributed by atoms with Crippen LogP contribution in [0.25, 0.3) is 6.20 Å². The summed E-state index contributed by atoms with van der Waals surface area (Å²) < 4.78 is 11.1. The zero-order chi connectivity index (χ0) is 23.3. The molecule has 2 bridgehead atoms. The highest BCUT2D eigenvalue weighted by Gasteiger charge is 2.35. The molecule has 0 spiro atoms. The Labute approximate surface area is 197 Å². The second-order valence-corrected chi connectivity index (χ2v) is 10.7. The lowest BCUT2D eigenvalue weighted by Crippen LogP contribution is -2.45. The average Bonchev–Trinajstić information content (AvgIpc) is 3.15. The Kier molecular flexibility index (Phi) is 8.50. The summed E-state index contributed by atoms with van der Waals surface area (Å²) in [7, 11) is 0. The molecule has 0 radical (unpaired) electrons. The number of carbonyl (C=O) groups is 1. The minimum Gasteiger partial charge on any atom is -0.477 e. The summed E-state index contributed by atoms with van der Waals surface area (Å²) >= 11 is 1.57.